The van der Waals surface area contributed by atoms with E-state index >= 15 is 0 Å². The van der Waals surface area contributed by atoms with Gasteiger partial charge in [0.25, 0.3) is 0 Å². The monoisotopic (exact) mass is 802 g/mol. The molecule has 1 spiro atoms. The number of rotatable bonds is 6. The van der Waals surface area contributed by atoms with E-state index < -0.39 is 0 Å². The lowest BCUT2D eigenvalue weighted by Crippen LogP contribution is -2.40. The molecule has 2 aliphatic rings. The van der Waals surface area contributed by atoms with Gasteiger partial charge in [0.1, 0.15) is 0 Å². The van der Waals surface area contributed by atoms with E-state index in [9.17, 15) is 0 Å². The molecule has 3 heteroatoms. The molecule has 2 aliphatic carbocycles. The fourth-order valence-electron chi connectivity index (χ4n) is 11.6. The molecule has 0 radical (unpaired) electrons. The van der Waals surface area contributed by atoms with E-state index in [1.165, 1.54) is 99.5 Å². The average Bonchev–Trinajstić information content (AvgIpc) is 3.96. The molecule has 8 aromatic carbocycles. The highest BCUT2D eigenvalue weighted by atomic mass is 32.1. The molecule has 10 aromatic rings. The molecule has 1 fully saturated rings. The Hall–Kier alpha value is -6.68. The summed E-state index contributed by atoms with van der Waals surface area (Å²) in [4.78, 5) is 2.55. The molecular formula is C58H46N2S. The number of nitrogens with zero attached hydrogens (tertiary/aromatic N) is 2. The second-order valence-corrected chi connectivity index (χ2v) is 18.4. The zero-order valence-corrected chi connectivity index (χ0v) is 35.4. The number of benzene rings is 8. The highest BCUT2D eigenvalue weighted by Crippen LogP contribution is 2.62. The van der Waals surface area contributed by atoms with Crippen molar-refractivity contribution in [2.24, 2.45) is 11.8 Å². The minimum Gasteiger partial charge on any atom is -0.309 e. The normalized spacial score (nSPS) is 18.4. The van der Waals surface area contributed by atoms with Gasteiger partial charge in [0, 0.05) is 47.7 Å². The number of hydrogen-bond donors (Lipinski definition) is 0. The SMILES string of the molecule is C=C1CC(CC)CC(C)C12c1ccccc1-c1c(-c3cccc(N(c4cccc5sc6ccccc6c45)c4cccc5c4c4ccccc4n5-c4ccccc4)c3)cccc12. The van der Waals surface area contributed by atoms with E-state index in [1.54, 1.807) is 0 Å². The highest BCUT2D eigenvalue weighted by Gasteiger charge is 2.52. The second-order valence-electron chi connectivity index (χ2n) is 17.3. The van der Waals surface area contributed by atoms with Crippen LogP contribution in [0.5, 0.6) is 0 Å². The minimum absolute atomic E-state index is 0.185. The Labute approximate surface area is 361 Å². The van der Waals surface area contributed by atoms with Crippen LogP contribution >= 0.6 is 11.3 Å². The predicted molar refractivity (Wildman–Crippen MR) is 261 cm³/mol. The summed E-state index contributed by atoms with van der Waals surface area (Å²) in [5, 5.41) is 5.03. The molecule has 1 saturated carbocycles. The minimum atomic E-state index is -0.185. The van der Waals surface area contributed by atoms with Crippen LogP contribution in [0.2, 0.25) is 0 Å². The standard InChI is InChI=1S/C58H46N2S/c1-4-39-34-37(2)58(38(3)35-39)47-26-11-8-22-44(47)55-43(25-15-27-48(55)58)40-18-14-21-42(36-40)60(52-31-17-33-54-57(52)46-24-10-13-32-53(46)61-54)51-30-16-29-50-56(51)45-23-9-12-28-49(45)59(50)41-19-6-5-7-20-41/h5-33,36,38-39H,2,4,34-35H2,1,3H3. The second kappa shape index (κ2) is 13.9. The summed E-state index contributed by atoms with van der Waals surface area (Å²) in [6, 6.07) is 67.8. The van der Waals surface area contributed by atoms with Gasteiger partial charge in [-0.1, -0.05) is 154 Å². The van der Waals surface area contributed by atoms with Crippen molar-refractivity contribution in [1.82, 2.24) is 4.57 Å². The number of thiophene rings is 1. The molecule has 0 saturated heterocycles. The summed E-state index contributed by atoms with van der Waals surface area (Å²) in [5.74, 6) is 1.14. The Balaban J connectivity index is 1.13. The largest absolute Gasteiger partial charge is 0.309 e. The Bertz CT molecular complexity index is 3370. The molecule has 2 aromatic heterocycles. The molecule has 3 atom stereocenters. The third-order valence-electron chi connectivity index (χ3n) is 14.2. The van der Waals surface area contributed by atoms with E-state index in [0.29, 0.717) is 11.8 Å². The first-order valence-electron chi connectivity index (χ1n) is 21.9. The lowest BCUT2D eigenvalue weighted by molar-refractivity contribution is 0.248. The number of allylic oxidation sites excluding steroid dienone is 1. The van der Waals surface area contributed by atoms with Crippen molar-refractivity contribution in [3.8, 4) is 27.9 Å². The molecular weight excluding hydrogens is 757 g/mol. The van der Waals surface area contributed by atoms with Crippen LogP contribution in [0.4, 0.5) is 17.1 Å². The summed E-state index contributed by atoms with van der Waals surface area (Å²) in [5.41, 5.74) is 16.3. The molecule has 0 N–H and O–H groups in total. The Morgan fingerprint density at radius 1 is 0.623 bits per heavy atom. The first-order valence-corrected chi connectivity index (χ1v) is 22.7. The number of aromatic nitrogens is 1. The number of para-hydroxylation sites is 2. The smallest absolute Gasteiger partial charge is 0.0562 e. The maximum atomic E-state index is 4.90. The maximum absolute atomic E-state index is 4.90. The fraction of sp³-hybridized carbons (Fsp3) is 0.138. The van der Waals surface area contributed by atoms with Crippen molar-refractivity contribution in [2.45, 2.75) is 38.5 Å². The van der Waals surface area contributed by atoms with Crippen LogP contribution in [0, 0.1) is 11.8 Å². The van der Waals surface area contributed by atoms with Crippen LogP contribution in [-0.2, 0) is 5.41 Å². The summed E-state index contributed by atoms with van der Waals surface area (Å²) < 4.78 is 5.01. The number of anilines is 3. The first-order chi connectivity index (χ1) is 30.1. The van der Waals surface area contributed by atoms with E-state index in [-0.39, 0.29) is 5.41 Å². The lowest BCUT2D eigenvalue weighted by atomic mass is 9.57. The van der Waals surface area contributed by atoms with Crippen LogP contribution < -0.4 is 4.90 Å². The van der Waals surface area contributed by atoms with Crippen LogP contribution in [0.3, 0.4) is 0 Å². The van der Waals surface area contributed by atoms with Crippen LogP contribution in [0.25, 0.3) is 69.9 Å². The van der Waals surface area contributed by atoms with Crippen molar-refractivity contribution in [1.29, 1.82) is 0 Å². The summed E-state index contributed by atoms with van der Waals surface area (Å²) in [7, 11) is 0. The van der Waals surface area contributed by atoms with Crippen molar-refractivity contribution in [3.63, 3.8) is 0 Å². The van der Waals surface area contributed by atoms with Crippen LogP contribution in [-0.4, -0.2) is 4.57 Å². The topological polar surface area (TPSA) is 8.17 Å². The summed E-state index contributed by atoms with van der Waals surface area (Å²) in [6.45, 7) is 9.73. The zero-order chi connectivity index (χ0) is 40.8. The van der Waals surface area contributed by atoms with E-state index in [2.05, 4.69) is 205 Å². The number of fused-ring (bicyclic) bond motifs is 11. The van der Waals surface area contributed by atoms with Gasteiger partial charge in [-0.05, 0) is 119 Å². The molecule has 0 aliphatic heterocycles. The zero-order valence-electron chi connectivity index (χ0n) is 34.6. The van der Waals surface area contributed by atoms with E-state index in [1.807, 2.05) is 11.3 Å². The van der Waals surface area contributed by atoms with Crippen molar-refractivity contribution in [3.05, 3.63) is 205 Å². The highest BCUT2D eigenvalue weighted by molar-refractivity contribution is 7.26. The van der Waals surface area contributed by atoms with E-state index in [4.69, 9.17) is 6.58 Å². The predicted octanol–water partition coefficient (Wildman–Crippen LogP) is 16.6. The van der Waals surface area contributed by atoms with Gasteiger partial charge in [0.15, 0.2) is 0 Å². The quantitative estimate of drug-likeness (QED) is 0.152. The lowest BCUT2D eigenvalue weighted by Gasteiger charge is -2.46. The van der Waals surface area contributed by atoms with Crippen LogP contribution in [0.15, 0.2) is 194 Å². The average molecular weight is 803 g/mol. The molecule has 2 heterocycles. The molecule has 2 nitrogen and oxygen atoms in total. The van der Waals surface area contributed by atoms with Gasteiger partial charge in [-0.15, -0.1) is 11.3 Å². The Kier molecular flexibility index (Phi) is 8.27. The van der Waals surface area contributed by atoms with Crippen molar-refractivity contribution in [2.75, 3.05) is 4.90 Å². The first kappa shape index (κ1) is 36.2. The van der Waals surface area contributed by atoms with Gasteiger partial charge in [0.05, 0.1) is 22.4 Å². The molecule has 3 unspecified atom stereocenters. The van der Waals surface area contributed by atoms with Crippen LogP contribution in [0.1, 0.15) is 44.2 Å². The summed E-state index contributed by atoms with van der Waals surface area (Å²) >= 11 is 1.87. The van der Waals surface area contributed by atoms with Gasteiger partial charge in [-0.25, -0.2) is 0 Å². The molecule has 0 bridgehead atoms. The van der Waals surface area contributed by atoms with Crippen molar-refractivity contribution >= 4 is 70.4 Å². The van der Waals surface area contributed by atoms with Gasteiger partial charge in [0.2, 0.25) is 0 Å². The Morgan fingerprint density at radius 3 is 2.13 bits per heavy atom. The van der Waals surface area contributed by atoms with Gasteiger partial charge in [-0.2, -0.15) is 0 Å². The molecule has 0 amide bonds. The molecule has 61 heavy (non-hydrogen) atoms. The van der Waals surface area contributed by atoms with Crippen molar-refractivity contribution < 1.29 is 0 Å². The Morgan fingerprint density at radius 2 is 1.28 bits per heavy atom. The summed E-state index contributed by atoms with van der Waals surface area (Å²) in [6.07, 6.45) is 3.50. The molecule has 12 rings (SSSR count). The van der Waals surface area contributed by atoms with E-state index in [0.717, 1.165) is 23.5 Å². The molecule has 294 valence electrons. The van der Waals surface area contributed by atoms with Gasteiger partial charge < -0.3 is 9.47 Å². The maximum Gasteiger partial charge on any atom is 0.0562 e. The third-order valence-corrected chi connectivity index (χ3v) is 15.3. The number of hydrogen-bond acceptors (Lipinski definition) is 2. The fourth-order valence-corrected chi connectivity index (χ4v) is 12.8. The van der Waals surface area contributed by atoms with Gasteiger partial charge in [-0.3, -0.25) is 0 Å². The third kappa shape index (κ3) is 5.20. The van der Waals surface area contributed by atoms with Gasteiger partial charge >= 0.3 is 0 Å².